The van der Waals surface area contributed by atoms with E-state index in [1.807, 2.05) is 12.1 Å². The summed E-state index contributed by atoms with van der Waals surface area (Å²) in [4.78, 5) is 18.4. The molecule has 9 aliphatic rings. The van der Waals surface area contributed by atoms with Crippen LogP contribution in [-0.2, 0) is 22.4 Å². The van der Waals surface area contributed by atoms with Gasteiger partial charge in [0.25, 0.3) is 0 Å². The number of aromatic nitrogens is 2. The van der Waals surface area contributed by atoms with E-state index in [-0.39, 0.29) is 36.5 Å². The number of hydrogen-bond acceptors (Lipinski definition) is 11. The smallest absolute Gasteiger partial charge is 0.191 e. The topological polar surface area (TPSA) is 175 Å². The summed E-state index contributed by atoms with van der Waals surface area (Å²) >= 11 is 0. The number of nitrogens with two attached hydrogens (primary N) is 1. The highest BCUT2D eigenvalue weighted by Gasteiger charge is 2.49. The number of nitrogens with zero attached hydrogens (tertiary/aromatic N) is 1. The average Bonchev–Trinajstić information content (AvgIpc) is 4.16. The van der Waals surface area contributed by atoms with Crippen molar-refractivity contribution in [2.24, 2.45) is 40.7 Å². The molecule has 2 fully saturated rings. The van der Waals surface area contributed by atoms with Gasteiger partial charge >= 0.3 is 0 Å². The van der Waals surface area contributed by atoms with Crippen molar-refractivity contribution in [2.45, 2.75) is 157 Å². The van der Waals surface area contributed by atoms with Gasteiger partial charge in [-0.25, -0.2) is 0 Å². The molecule has 4 aromatic rings. The van der Waals surface area contributed by atoms with Gasteiger partial charge in [0.05, 0.1) is 35.2 Å². The molecule has 0 amide bonds. The van der Waals surface area contributed by atoms with E-state index in [1.165, 1.54) is 32.1 Å². The monoisotopic (exact) mass is 1020 g/mol. The van der Waals surface area contributed by atoms with E-state index in [1.54, 1.807) is 27.7 Å². The third kappa shape index (κ3) is 8.77. The Morgan fingerprint density at radius 2 is 1.85 bits per heavy atom. The van der Waals surface area contributed by atoms with Crippen LogP contribution in [0.4, 0.5) is 0 Å². The van der Waals surface area contributed by atoms with Crippen LogP contribution in [0.15, 0.2) is 61.1 Å². The molecular formula is C60H70N4O7S2. The summed E-state index contributed by atoms with van der Waals surface area (Å²) in [6.07, 6.45) is 28.0. The maximum absolute atomic E-state index is 14.8. The van der Waals surface area contributed by atoms with Crippen LogP contribution >= 0.6 is 21.6 Å². The van der Waals surface area contributed by atoms with Crippen molar-refractivity contribution in [2.75, 3.05) is 12.3 Å². The van der Waals surface area contributed by atoms with E-state index in [4.69, 9.17) is 15.2 Å². The molecule has 10 bridgehead atoms. The number of ketones is 1. The standard InChI is InChI=1S/C60H70N4O7S2/c1-2-3-5-12-40(55(69)41-14-13-36(27-50(41)67)35-10-6-4-7-11-35)49(66)19-17-37-45-32-72-73-34-60-24-21-38-43-29-62-47-31-64(30-44(43)47)58-46(18-20-48(65)39-15-16-42(54(60)53(38)39)57(61)63-33-60)59(22-8-9-23-59)25-26-70-52(28-51(37)68)56(45)71-58/h13-16,21,24,28-31,35-36,38,40-41,46,48,50,55,57-58,62-63,65,67-69H,2-12,17,19,22-23,27,32-34,61H2,1H3. The van der Waals surface area contributed by atoms with Gasteiger partial charge in [0.15, 0.2) is 17.7 Å². The van der Waals surface area contributed by atoms with Gasteiger partial charge < -0.3 is 45.2 Å². The first kappa shape index (κ1) is 49.3. The molecule has 11 nitrogen and oxygen atoms in total. The van der Waals surface area contributed by atoms with Crippen molar-refractivity contribution in [1.82, 2.24) is 14.9 Å². The number of benzene rings is 2. The van der Waals surface area contributed by atoms with E-state index >= 15 is 0 Å². The molecule has 7 heterocycles. The highest BCUT2D eigenvalue weighted by atomic mass is 33.1. The first-order chi connectivity index (χ1) is 35.6. The molecule has 8 N–H and O–H groups in total. The number of aromatic amines is 1. The summed E-state index contributed by atoms with van der Waals surface area (Å²) in [7, 11) is 3.40. The van der Waals surface area contributed by atoms with Crippen LogP contribution in [0.3, 0.4) is 0 Å². The van der Waals surface area contributed by atoms with Gasteiger partial charge in [0.1, 0.15) is 23.7 Å². The first-order valence-electron chi connectivity index (χ1n) is 27.3. The average molecular weight is 1020 g/mol. The largest absolute Gasteiger partial charge is 0.508 e. The molecule has 73 heavy (non-hydrogen) atoms. The van der Waals surface area contributed by atoms with Crippen LogP contribution < -0.4 is 20.5 Å². The van der Waals surface area contributed by atoms with E-state index in [9.17, 15) is 25.2 Å². The van der Waals surface area contributed by atoms with E-state index in [0.717, 1.165) is 83.7 Å². The van der Waals surface area contributed by atoms with Gasteiger partial charge in [0, 0.05) is 88.8 Å². The number of Topliss-reactive ketones (excluding diaryl/α,β-unsaturated/α-hetero) is 1. The fraction of sp³-hybridized carbons (Fsp3) is 0.550. The molecule has 2 aromatic heterocycles. The Bertz CT molecular complexity index is 2960. The molecule has 11 atom stereocenters. The Kier molecular flexibility index (Phi) is 13.6. The Morgan fingerprint density at radius 3 is 2.67 bits per heavy atom. The Balaban J connectivity index is 0.963. The molecule has 0 radical (unpaired) electrons. The van der Waals surface area contributed by atoms with Gasteiger partial charge in [-0.15, -0.1) is 0 Å². The second kappa shape index (κ2) is 20.2. The number of phenolic OH excluding ortho intramolecular Hbond substituents is 1. The number of carbonyl (C=O) groups excluding carboxylic acids is 1. The normalized spacial score (nSPS) is 30.5. The molecule has 4 aliphatic carbocycles. The zero-order valence-corrected chi connectivity index (χ0v) is 43.5. The van der Waals surface area contributed by atoms with Gasteiger partial charge in [-0.1, -0.05) is 134 Å². The van der Waals surface area contributed by atoms with Crippen LogP contribution in [0.25, 0.3) is 10.9 Å². The molecule has 384 valence electrons. The van der Waals surface area contributed by atoms with E-state index in [2.05, 4.69) is 88.5 Å². The highest BCUT2D eigenvalue weighted by molar-refractivity contribution is 8.76. The maximum Gasteiger partial charge on any atom is 0.191 e. The molecule has 2 aromatic carbocycles. The lowest BCUT2D eigenvalue weighted by molar-refractivity contribution is -0.129. The van der Waals surface area contributed by atoms with Crippen molar-refractivity contribution in [1.29, 1.82) is 0 Å². The molecular weight excluding hydrogens is 953 g/mol. The zero-order chi connectivity index (χ0) is 50.0. The number of hydrogen-bond donors (Lipinski definition) is 7. The lowest BCUT2D eigenvalue weighted by Crippen LogP contribution is -2.50. The number of phenols is 1. The molecule has 2 spiro atoms. The third-order valence-electron chi connectivity index (χ3n) is 18.4. The fourth-order valence-electron chi connectivity index (χ4n) is 14.4. The third-order valence-corrected chi connectivity index (χ3v) is 20.8. The summed E-state index contributed by atoms with van der Waals surface area (Å²) in [5.74, 6) is 11.3. The number of aliphatic hydroxyl groups excluding tert-OH is 3. The van der Waals surface area contributed by atoms with Crippen LogP contribution in [0.2, 0.25) is 0 Å². The predicted octanol–water partition coefficient (Wildman–Crippen LogP) is 10.4. The number of fused-ring (bicyclic) bond motifs is 4. The first-order valence-corrected chi connectivity index (χ1v) is 29.8. The predicted molar refractivity (Wildman–Crippen MR) is 288 cm³/mol. The molecule has 11 unspecified atom stereocenters. The molecule has 13 rings (SSSR count). The Hall–Kier alpha value is -4.57. The van der Waals surface area contributed by atoms with Crippen molar-refractivity contribution >= 4 is 38.3 Å². The van der Waals surface area contributed by atoms with Gasteiger partial charge in [-0.3, -0.25) is 10.1 Å². The minimum Gasteiger partial charge on any atom is -0.508 e. The van der Waals surface area contributed by atoms with Crippen molar-refractivity contribution < 1.29 is 34.7 Å². The second-order valence-corrected chi connectivity index (χ2v) is 25.1. The Labute approximate surface area is 437 Å². The lowest BCUT2D eigenvalue weighted by Gasteiger charge is -2.45. The summed E-state index contributed by atoms with van der Waals surface area (Å²) in [5, 5.41) is 53.2. The second-order valence-electron chi connectivity index (χ2n) is 22.6. The SMILES string of the molecule is CCCCCC(C(=O)CCc1c(O)cc2c3c1CSSCC14C=CC5c6c(ccc(c61)C(N)NC4)C(O)C#CC(C(O3)n1cc3[nH]cc5c3c1)C1(C#CO2)CCCC1)C(O)C1C=CC(C2CCCCC2)CC1O. The molecule has 2 saturated carbocycles. The van der Waals surface area contributed by atoms with Crippen molar-refractivity contribution in [3.63, 3.8) is 0 Å². The number of aromatic hydroxyl groups is 1. The van der Waals surface area contributed by atoms with Crippen LogP contribution in [0.5, 0.6) is 17.2 Å². The maximum atomic E-state index is 14.8. The van der Waals surface area contributed by atoms with Gasteiger partial charge in [-0.2, -0.15) is 0 Å². The molecule has 13 heteroatoms. The number of allylic oxidation sites excluding steroid dienone is 2. The van der Waals surface area contributed by atoms with E-state index < -0.39 is 53.1 Å². The number of H-pyrrole nitrogens is 1. The number of nitrogens with one attached hydrogen (secondary N) is 2. The molecule has 0 saturated heterocycles. The quantitative estimate of drug-likeness (QED) is 0.0330. The van der Waals surface area contributed by atoms with Gasteiger partial charge in [0.2, 0.25) is 0 Å². The van der Waals surface area contributed by atoms with E-state index in [0.29, 0.717) is 65.4 Å². The fourth-order valence-corrected chi connectivity index (χ4v) is 17.0. The number of ether oxygens (including phenoxy) is 2. The number of aliphatic hydroxyl groups is 3. The van der Waals surface area contributed by atoms with Crippen molar-refractivity contribution in [3.8, 4) is 41.1 Å². The summed E-state index contributed by atoms with van der Waals surface area (Å²) in [6, 6.07) is 5.69. The van der Waals surface area contributed by atoms with Gasteiger partial charge in [-0.05, 0) is 84.6 Å². The zero-order valence-electron chi connectivity index (χ0n) is 41.9. The summed E-state index contributed by atoms with van der Waals surface area (Å²) in [5.41, 5.74) is 13.1. The van der Waals surface area contributed by atoms with Crippen LogP contribution in [0, 0.1) is 58.9 Å². The number of rotatable bonds is 11. The Morgan fingerprint density at radius 1 is 1.01 bits per heavy atom. The minimum absolute atomic E-state index is 0.00925. The number of unbranched alkanes of at least 4 members (excludes halogenated alkanes) is 2. The van der Waals surface area contributed by atoms with Crippen LogP contribution in [-0.4, -0.2) is 60.3 Å². The summed E-state index contributed by atoms with van der Waals surface area (Å²) in [6.45, 7) is 2.74. The minimum atomic E-state index is -1.11. The number of carbonyl (C=O) groups is 1. The van der Waals surface area contributed by atoms with Crippen molar-refractivity contribution in [3.05, 3.63) is 100 Å². The molecule has 5 aliphatic heterocycles. The lowest BCUT2D eigenvalue weighted by atomic mass is 9.65. The van der Waals surface area contributed by atoms with Crippen LogP contribution in [0.1, 0.15) is 167 Å². The highest BCUT2D eigenvalue weighted by Crippen LogP contribution is 2.56. The summed E-state index contributed by atoms with van der Waals surface area (Å²) < 4.78 is 16.1.